The number of para-hydroxylation sites is 1. The molecular weight excluding hydrogens is 244 g/mol. The summed E-state index contributed by atoms with van der Waals surface area (Å²) in [6, 6.07) is 8.58. The molecule has 0 bridgehead atoms. The van der Waals surface area contributed by atoms with Crippen LogP contribution in [0.15, 0.2) is 30.3 Å². The van der Waals surface area contributed by atoms with Gasteiger partial charge < -0.3 is 14.5 Å². The van der Waals surface area contributed by atoms with Crippen molar-refractivity contribution >= 4 is 24.5 Å². The summed E-state index contributed by atoms with van der Waals surface area (Å²) >= 11 is 0. The standard InChI is InChI=1S/C14H16N2O3/c1-15-7-11(8-17)13(9-18)16(14(15)10-19)12-5-3-2-4-6-12/h2-6,8-11,13-14H,7H2,1H3. The molecule has 1 fully saturated rings. The zero-order chi connectivity index (χ0) is 13.8. The van der Waals surface area contributed by atoms with E-state index in [4.69, 9.17) is 0 Å². The summed E-state index contributed by atoms with van der Waals surface area (Å²) in [5, 5.41) is 0. The maximum Gasteiger partial charge on any atom is 0.157 e. The van der Waals surface area contributed by atoms with Gasteiger partial charge >= 0.3 is 0 Å². The van der Waals surface area contributed by atoms with Crippen molar-refractivity contribution in [2.24, 2.45) is 5.92 Å². The van der Waals surface area contributed by atoms with Crippen LogP contribution in [-0.2, 0) is 14.4 Å². The Morgan fingerprint density at radius 1 is 1.05 bits per heavy atom. The number of aldehydes is 3. The van der Waals surface area contributed by atoms with Gasteiger partial charge in [-0.15, -0.1) is 0 Å². The van der Waals surface area contributed by atoms with Gasteiger partial charge in [0.1, 0.15) is 18.7 Å². The lowest BCUT2D eigenvalue weighted by Crippen LogP contribution is -2.63. The number of likely N-dealkylation sites (N-methyl/N-ethyl adjacent to an activating group) is 1. The van der Waals surface area contributed by atoms with Gasteiger partial charge in [0.2, 0.25) is 0 Å². The Bertz CT molecular complexity index is 463. The molecule has 0 aliphatic carbocycles. The highest BCUT2D eigenvalue weighted by Gasteiger charge is 2.40. The average Bonchev–Trinajstić information content (AvgIpc) is 2.46. The first-order valence-electron chi connectivity index (χ1n) is 6.12. The minimum absolute atomic E-state index is 0.402. The second-order valence-electron chi connectivity index (χ2n) is 4.66. The van der Waals surface area contributed by atoms with E-state index in [0.29, 0.717) is 6.54 Å². The first kappa shape index (κ1) is 13.4. The maximum absolute atomic E-state index is 11.3. The number of benzene rings is 1. The molecule has 1 aliphatic heterocycles. The molecule has 0 aromatic heterocycles. The van der Waals surface area contributed by atoms with E-state index in [1.54, 1.807) is 16.8 Å². The molecule has 1 aromatic carbocycles. The second-order valence-corrected chi connectivity index (χ2v) is 4.66. The van der Waals surface area contributed by atoms with E-state index in [0.717, 1.165) is 24.5 Å². The topological polar surface area (TPSA) is 57.7 Å². The number of anilines is 1. The van der Waals surface area contributed by atoms with Crippen molar-refractivity contribution in [1.29, 1.82) is 0 Å². The quantitative estimate of drug-likeness (QED) is 0.731. The van der Waals surface area contributed by atoms with Crippen LogP contribution in [0.2, 0.25) is 0 Å². The largest absolute Gasteiger partial charge is 0.339 e. The molecule has 2 rings (SSSR count). The third-order valence-corrected chi connectivity index (χ3v) is 3.49. The predicted octanol–water partition coefficient (Wildman–Crippen LogP) is 0.346. The SMILES string of the molecule is CN1CC(C=O)C(C=O)N(c2ccccc2)C1C=O. The molecule has 1 saturated heterocycles. The molecule has 0 saturated carbocycles. The molecule has 19 heavy (non-hydrogen) atoms. The van der Waals surface area contributed by atoms with Crippen molar-refractivity contribution in [3.05, 3.63) is 30.3 Å². The van der Waals surface area contributed by atoms with Gasteiger partial charge in [0.15, 0.2) is 6.29 Å². The molecule has 3 unspecified atom stereocenters. The van der Waals surface area contributed by atoms with Gasteiger partial charge in [0.25, 0.3) is 0 Å². The molecule has 0 amide bonds. The van der Waals surface area contributed by atoms with Crippen LogP contribution < -0.4 is 4.90 Å². The Balaban J connectivity index is 2.45. The van der Waals surface area contributed by atoms with Crippen LogP contribution in [-0.4, -0.2) is 49.6 Å². The molecule has 0 N–H and O–H groups in total. The van der Waals surface area contributed by atoms with Gasteiger partial charge in [-0.1, -0.05) is 18.2 Å². The Labute approximate surface area is 111 Å². The third kappa shape index (κ3) is 2.42. The highest BCUT2D eigenvalue weighted by atomic mass is 16.1. The van der Waals surface area contributed by atoms with Gasteiger partial charge in [-0.05, 0) is 19.2 Å². The van der Waals surface area contributed by atoms with E-state index in [-0.39, 0.29) is 0 Å². The minimum Gasteiger partial charge on any atom is -0.339 e. The van der Waals surface area contributed by atoms with Gasteiger partial charge in [-0.3, -0.25) is 9.69 Å². The van der Waals surface area contributed by atoms with Crippen molar-refractivity contribution in [3.63, 3.8) is 0 Å². The van der Waals surface area contributed by atoms with Crippen molar-refractivity contribution in [2.45, 2.75) is 12.2 Å². The third-order valence-electron chi connectivity index (χ3n) is 3.49. The van der Waals surface area contributed by atoms with Crippen molar-refractivity contribution < 1.29 is 14.4 Å². The summed E-state index contributed by atoms with van der Waals surface area (Å²) in [5.41, 5.74) is 0.759. The normalized spacial score (nSPS) is 27.8. The molecule has 1 heterocycles. The lowest BCUT2D eigenvalue weighted by atomic mass is 9.95. The summed E-state index contributed by atoms with van der Waals surface area (Å²) in [4.78, 5) is 37.3. The lowest BCUT2D eigenvalue weighted by Gasteiger charge is -2.46. The fourth-order valence-corrected chi connectivity index (χ4v) is 2.53. The van der Waals surface area contributed by atoms with Crippen LogP contribution in [0.1, 0.15) is 0 Å². The first-order valence-corrected chi connectivity index (χ1v) is 6.12. The first-order chi connectivity index (χ1) is 9.22. The molecule has 5 heteroatoms. The number of hydrogen-bond donors (Lipinski definition) is 0. The average molecular weight is 260 g/mol. The van der Waals surface area contributed by atoms with E-state index in [9.17, 15) is 14.4 Å². The Morgan fingerprint density at radius 3 is 2.26 bits per heavy atom. The van der Waals surface area contributed by atoms with Crippen LogP contribution >= 0.6 is 0 Å². The van der Waals surface area contributed by atoms with E-state index in [1.165, 1.54) is 0 Å². The molecule has 0 radical (unpaired) electrons. The predicted molar refractivity (Wildman–Crippen MR) is 70.8 cm³/mol. The van der Waals surface area contributed by atoms with E-state index < -0.39 is 18.1 Å². The zero-order valence-electron chi connectivity index (χ0n) is 10.7. The molecule has 5 nitrogen and oxygen atoms in total. The minimum atomic E-state index is -0.605. The highest BCUT2D eigenvalue weighted by Crippen LogP contribution is 2.27. The number of rotatable bonds is 4. The number of carbonyl (C=O) groups excluding carboxylic acids is 3. The van der Waals surface area contributed by atoms with Gasteiger partial charge in [0.05, 0.1) is 12.0 Å². The highest BCUT2D eigenvalue weighted by molar-refractivity contribution is 5.78. The molecule has 0 spiro atoms. The Hall–Kier alpha value is -2.01. The smallest absolute Gasteiger partial charge is 0.157 e. The number of carbonyl (C=O) groups is 3. The fraction of sp³-hybridized carbons (Fsp3) is 0.357. The van der Waals surface area contributed by atoms with Gasteiger partial charge in [0, 0.05) is 12.2 Å². The number of nitrogens with zero attached hydrogens (tertiary/aromatic N) is 2. The Kier molecular flexibility index (Phi) is 4.06. The van der Waals surface area contributed by atoms with Crippen LogP contribution in [0.25, 0.3) is 0 Å². The summed E-state index contributed by atoms with van der Waals surface area (Å²) in [5.74, 6) is -0.432. The van der Waals surface area contributed by atoms with E-state index >= 15 is 0 Å². The zero-order valence-corrected chi connectivity index (χ0v) is 10.7. The maximum atomic E-state index is 11.3. The van der Waals surface area contributed by atoms with Gasteiger partial charge in [-0.2, -0.15) is 0 Å². The summed E-state index contributed by atoms with van der Waals surface area (Å²) in [7, 11) is 1.77. The van der Waals surface area contributed by atoms with Crippen LogP contribution in [0.4, 0.5) is 5.69 Å². The molecule has 3 atom stereocenters. The fourth-order valence-electron chi connectivity index (χ4n) is 2.53. The lowest BCUT2D eigenvalue weighted by molar-refractivity contribution is -0.122. The van der Waals surface area contributed by atoms with Crippen molar-refractivity contribution in [3.8, 4) is 0 Å². The van der Waals surface area contributed by atoms with Crippen molar-refractivity contribution in [2.75, 3.05) is 18.5 Å². The van der Waals surface area contributed by atoms with Crippen LogP contribution in [0.5, 0.6) is 0 Å². The van der Waals surface area contributed by atoms with Crippen LogP contribution in [0.3, 0.4) is 0 Å². The molecule has 100 valence electrons. The summed E-state index contributed by atoms with van der Waals surface area (Å²) < 4.78 is 0. The Morgan fingerprint density at radius 2 is 1.74 bits per heavy atom. The monoisotopic (exact) mass is 260 g/mol. The van der Waals surface area contributed by atoms with Gasteiger partial charge in [-0.25, -0.2) is 0 Å². The molecule has 1 aromatic rings. The van der Waals surface area contributed by atoms with Crippen molar-refractivity contribution in [1.82, 2.24) is 4.90 Å². The summed E-state index contributed by atoms with van der Waals surface area (Å²) in [6.07, 6.45) is 1.79. The van der Waals surface area contributed by atoms with E-state index in [1.807, 2.05) is 30.3 Å². The van der Waals surface area contributed by atoms with Crippen LogP contribution in [0, 0.1) is 5.92 Å². The molecule has 1 aliphatic rings. The molecular formula is C14H16N2O3. The second kappa shape index (κ2) is 5.75. The van der Waals surface area contributed by atoms with E-state index in [2.05, 4.69) is 0 Å². The number of hydrogen-bond acceptors (Lipinski definition) is 5. The summed E-state index contributed by atoms with van der Waals surface area (Å²) in [6.45, 7) is 0.402.